The minimum absolute atomic E-state index is 0.248. The summed E-state index contributed by atoms with van der Waals surface area (Å²) in [6.45, 7) is 2.19. The first-order chi connectivity index (χ1) is 11.1. The molecule has 2 aromatic carbocycles. The average Bonchev–Trinajstić information content (AvgIpc) is 2.55. The summed E-state index contributed by atoms with van der Waals surface area (Å²) < 4.78 is 11.1. The van der Waals surface area contributed by atoms with Crippen LogP contribution in [0.25, 0.3) is 0 Å². The van der Waals surface area contributed by atoms with Crippen molar-refractivity contribution in [1.29, 1.82) is 0 Å². The molecule has 0 atom stereocenters. The standard InChI is InChI=1S/C18H16O5/c1-2-22-17-10-8-14(23-13-6-4-3-5-7-13)12-15(17)16(19)9-11-18(20)21/h3-12H,2H2,1H3,(H,20,21)/b11-9+. The van der Waals surface area contributed by atoms with Gasteiger partial charge in [0.05, 0.1) is 12.2 Å². The van der Waals surface area contributed by atoms with E-state index in [1.165, 1.54) is 6.07 Å². The van der Waals surface area contributed by atoms with Gasteiger partial charge in [-0.3, -0.25) is 4.79 Å². The fourth-order valence-corrected chi connectivity index (χ4v) is 1.91. The van der Waals surface area contributed by atoms with Crippen molar-refractivity contribution in [2.75, 3.05) is 6.61 Å². The van der Waals surface area contributed by atoms with E-state index in [9.17, 15) is 9.59 Å². The first-order valence-electron chi connectivity index (χ1n) is 7.05. The number of ether oxygens (including phenoxy) is 2. The molecule has 2 rings (SSSR count). The second-order valence-electron chi connectivity index (χ2n) is 4.54. The molecule has 0 saturated heterocycles. The predicted octanol–water partition coefficient (Wildman–Crippen LogP) is 3.70. The van der Waals surface area contributed by atoms with Gasteiger partial charge < -0.3 is 14.6 Å². The lowest BCUT2D eigenvalue weighted by molar-refractivity contribution is -0.131. The van der Waals surface area contributed by atoms with Crippen LogP contribution in [0.4, 0.5) is 0 Å². The first-order valence-corrected chi connectivity index (χ1v) is 7.05. The second-order valence-corrected chi connectivity index (χ2v) is 4.54. The number of rotatable bonds is 7. The van der Waals surface area contributed by atoms with E-state index in [4.69, 9.17) is 14.6 Å². The van der Waals surface area contributed by atoms with Crippen LogP contribution in [0.5, 0.6) is 17.2 Å². The van der Waals surface area contributed by atoms with Gasteiger partial charge in [0.25, 0.3) is 0 Å². The van der Waals surface area contributed by atoms with Gasteiger partial charge in [-0.2, -0.15) is 0 Å². The molecule has 0 spiro atoms. The Morgan fingerprint density at radius 3 is 2.43 bits per heavy atom. The fraction of sp³-hybridized carbons (Fsp3) is 0.111. The Kier molecular flexibility index (Phi) is 5.52. The predicted molar refractivity (Wildman–Crippen MR) is 85.2 cm³/mol. The van der Waals surface area contributed by atoms with Crippen LogP contribution in [0, 0.1) is 0 Å². The smallest absolute Gasteiger partial charge is 0.328 e. The highest BCUT2D eigenvalue weighted by Gasteiger charge is 2.12. The zero-order valence-corrected chi connectivity index (χ0v) is 12.6. The summed E-state index contributed by atoms with van der Waals surface area (Å²) in [6, 6.07) is 14.0. The van der Waals surface area contributed by atoms with Gasteiger partial charge in [-0.1, -0.05) is 18.2 Å². The van der Waals surface area contributed by atoms with Crippen molar-refractivity contribution in [1.82, 2.24) is 0 Å². The van der Waals surface area contributed by atoms with Crippen molar-refractivity contribution in [3.63, 3.8) is 0 Å². The van der Waals surface area contributed by atoms with E-state index in [2.05, 4.69) is 0 Å². The van der Waals surface area contributed by atoms with Crippen molar-refractivity contribution in [3.8, 4) is 17.2 Å². The van der Waals surface area contributed by atoms with Gasteiger partial charge in [0.1, 0.15) is 17.2 Å². The maximum atomic E-state index is 12.2. The maximum absolute atomic E-state index is 12.2. The topological polar surface area (TPSA) is 72.8 Å². The number of carbonyl (C=O) groups excluding carboxylic acids is 1. The van der Waals surface area contributed by atoms with Crippen LogP contribution in [-0.4, -0.2) is 23.5 Å². The van der Waals surface area contributed by atoms with Gasteiger partial charge in [-0.05, 0) is 43.3 Å². The monoisotopic (exact) mass is 312 g/mol. The lowest BCUT2D eigenvalue weighted by atomic mass is 10.1. The van der Waals surface area contributed by atoms with Crippen molar-refractivity contribution < 1.29 is 24.2 Å². The van der Waals surface area contributed by atoms with Gasteiger partial charge in [-0.15, -0.1) is 0 Å². The van der Waals surface area contributed by atoms with E-state index in [1.807, 2.05) is 18.2 Å². The highest BCUT2D eigenvalue weighted by molar-refractivity contribution is 6.08. The average molecular weight is 312 g/mol. The Hall–Kier alpha value is -3.08. The summed E-state index contributed by atoms with van der Waals surface area (Å²) in [6.07, 6.45) is 1.79. The fourth-order valence-electron chi connectivity index (χ4n) is 1.91. The van der Waals surface area contributed by atoms with Crippen LogP contribution in [0.2, 0.25) is 0 Å². The summed E-state index contributed by atoms with van der Waals surface area (Å²) >= 11 is 0. The number of para-hydroxylation sites is 1. The summed E-state index contributed by atoms with van der Waals surface area (Å²) in [5.41, 5.74) is 0.248. The molecule has 0 unspecified atom stereocenters. The SMILES string of the molecule is CCOc1ccc(Oc2ccccc2)cc1C(=O)/C=C/C(=O)O. The third kappa shape index (κ3) is 4.71. The molecule has 0 heterocycles. The van der Waals surface area contributed by atoms with Crippen molar-refractivity contribution >= 4 is 11.8 Å². The molecule has 5 nitrogen and oxygen atoms in total. The molecule has 0 bridgehead atoms. The van der Waals surface area contributed by atoms with Crippen LogP contribution in [0.3, 0.4) is 0 Å². The van der Waals surface area contributed by atoms with Crippen molar-refractivity contribution in [2.45, 2.75) is 6.92 Å². The molecule has 0 aliphatic rings. The Bertz CT molecular complexity index is 719. The lowest BCUT2D eigenvalue weighted by Crippen LogP contribution is -2.03. The quantitative estimate of drug-likeness (QED) is 0.623. The molecule has 0 amide bonds. The molecule has 5 heteroatoms. The molecule has 0 saturated carbocycles. The molecule has 0 aromatic heterocycles. The Labute approximate surface area is 133 Å². The summed E-state index contributed by atoms with van der Waals surface area (Å²) in [7, 11) is 0. The van der Waals surface area contributed by atoms with Crippen LogP contribution in [0.1, 0.15) is 17.3 Å². The summed E-state index contributed by atoms with van der Waals surface area (Å²) in [4.78, 5) is 22.7. The number of aliphatic carboxylic acids is 1. The Morgan fingerprint density at radius 2 is 1.78 bits per heavy atom. The van der Waals surface area contributed by atoms with Gasteiger partial charge in [0.2, 0.25) is 0 Å². The molecule has 0 fully saturated rings. The molecule has 1 N–H and O–H groups in total. The van der Waals surface area contributed by atoms with E-state index in [0.717, 1.165) is 12.2 Å². The second kappa shape index (κ2) is 7.79. The van der Waals surface area contributed by atoms with Crippen molar-refractivity contribution in [3.05, 3.63) is 66.2 Å². The number of allylic oxidation sites excluding steroid dienone is 1. The number of hydrogen-bond donors (Lipinski definition) is 1. The summed E-state index contributed by atoms with van der Waals surface area (Å²) in [5, 5.41) is 8.64. The number of hydrogen-bond acceptors (Lipinski definition) is 4. The van der Waals surface area contributed by atoms with Gasteiger partial charge in [-0.25, -0.2) is 4.79 Å². The molecular weight excluding hydrogens is 296 g/mol. The Balaban J connectivity index is 2.31. The van der Waals surface area contributed by atoms with Crippen LogP contribution in [0.15, 0.2) is 60.7 Å². The number of carboxylic acids is 1. The summed E-state index contributed by atoms with van der Waals surface area (Å²) in [5.74, 6) is -0.168. The van der Waals surface area contributed by atoms with E-state index in [-0.39, 0.29) is 5.56 Å². The zero-order chi connectivity index (χ0) is 16.7. The molecule has 0 aliphatic heterocycles. The molecule has 2 aromatic rings. The number of carboxylic acid groups (broad SMARTS) is 1. The van der Waals surface area contributed by atoms with Crippen molar-refractivity contribution in [2.24, 2.45) is 0 Å². The van der Waals surface area contributed by atoms with Crippen LogP contribution < -0.4 is 9.47 Å². The first kappa shape index (κ1) is 16.3. The minimum atomic E-state index is -1.19. The zero-order valence-electron chi connectivity index (χ0n) is 12.6. The number of benzene rings is 2. The highest BCUT2D eigenvalue weighted by atomic mass is 16.5. The highest BCUT2D eigenvalue weighted by Crippen LogP contribution is 2.28. The van der Waals surface area contributed by atoms with E-state index in [0.29, 0.717) is 23.9 Å². The van der Waals surface area contributed by atoms with Crippen LogP contribution >= 0.6 is 0 Å². The van der Waals surface area contributed by atoms with E-state index < -0.39 is 11.8 Å². The molecular formula is C18H16O5. The normalized spacial score (nSPS) is 10.5. The third-order valence-corrected chi connectivity index (χ3v) is 2.87. The largest absolute Gasteiger partial charge is 0.493 e. The third-order valence-electron chi connectivity index (χ3n) is 2.87. The van der Waals surface area contributed by atoms with E-state index in [1.54, 1.807) is 31.2 Å². The minimum Gasteiger partial charge on any atom is -0.493 e. The van der Waals surface area contributed by atoms with Gasteiger partial charge in [0.15, 0.2) is 5.78 Å². The molecule has 118 valence electrons. The molecule has 0 radical (unpaired) electrons. The Morgan fingerprint density at radius 1 is 1.04 bits per heavy atom. The number of carbonyl (C=O) groups is 2. The van der Waals surface area contributed by atoms with Gasteiger partial charge >= 0.3 is 5.97 Å². The maximum Gasteiger partial charge on any atom is 0.328 e. The van der Waals surface area contributed by atoms with Gasteiger partial charge in [0, 0.05) is 6.08 Å². The van der Waals surface area contributed by atoms with E-state index >= 15 is 0 Å². The molecule has 0 aliphatic carbocycles. The lowest BCUT2D eigenvalue weighted by Gasteiger charge is -2.11. The number of ketones is 1. The van der Waals surface area contributed by atoms with Crippen LogP contribution in [-0.2, 0) is 4.79 Å². The molecule has 23 heavy (non-hydrogen) atoms.